The van der Waals surface area contributed by atoms with Crippen molar-refractivity contribution >= 4 is 22.6 Å². The van der Waals surface area contributed by atoms with Gasteiger partial charge in [0.1, 0.15) is 0 Å². The molecule has 0 saturated carbocycles. The van der Waals surface area contributed by atoms with Gasteiger partial charge in [-0.1, -0.05) is 31.5 Å². The summed E-state index contributed by atoms with van der Waals surface area (Å²) in [6.07, 6.45) is 2.51. The Kier molecular flexibility index (Phi) is 5.25. The van der Waals surface area contributed by atoms with Crippen LogP contribution in [0.2, 0.25) is 0 Å². The summed E-state index contributed by atoms with van der Waals surface area (Å²) < 4.78 is 1.40. The summed E-state index contributed by atoms with van der Waals surface area (Å²) in [5.41, 5.74) is 1.51. The van der Waals surface area contributed by atoms with Gasteiger partial charge >= 0.3 is 0 Å². The van der Waals surface area contributed by atoms with Gasteiger partial charge < -0.3 is 5.32 Å². The molecule has 1 aliphatic heterocycles. The molecule has 0 bridgehead atoms. The van der Waals surface area contributed by atoms with Gasteiger partial charge in [-0.3, -0.25) is 4.90 Å². The lowest BCUT2D eigenvalue weighted by molar-refractivity contribution is 0.164. The van der Waals surface area contributed by atoms with E-state index in [9.17, 15) is 0 Å². The molecule has 2 rings (SSSR count). The third-order valence-corrected chi connectivity index (χ3v) is 4.40. The number of piperazine rings is 1. The van der Waals surface area contributed by atoms with Crippen molar-refractivity contribution in [1.82, 2.24) is 10.2 Å². The van der Waals surface area contributed by atoms with Gasteiger partial charge in [0.2, 0.25) is 0 Å². The lowest BCUT2D eigenvalue weighted by Crippen LogP contribution is -2.45. The molecule has 1 saturated heterocycles. The van der Waals surface area contributed by atoms with Crippen molar-refractivity contribution in [1.29, 1.82) is 0 Å². The zero-order chi connectivity index (χ0) is 12.1. The van der Waals surface area contributed by atoms with Crippen LogP contribution in [0, 0.1) is 3.57 Å². The molecule has 0 radical (unpaired) electrons. The molecule has 0 aliphatic carbocycles. The predicted octanol–water partition coefficient (Wildman–Crippen LogP) is 3.04. The van der Waals surface area contributed by atoms with Crippen molar-refractivity contribution in [2.45, 2.75) is 25.8 Å². The van der Waals surface area contributed by atoms with E-state index in [1.807, 2.05) is 0 Å². The average molecular weight is 344 g/mol. The van der Waals surface area contributed by atoms with Gasteiger partial charge in [0.25, 0.3) is 0 Å². The van der Waals surface area contributed by atoms with Crippen LogP contribution in [0.5, 0.6) is 0 Å². The van der Waals surface area contributed by atoms with Crippen molar-refractivity contribution in [3.05, 3.63) is 33.4 Å². The molecule has 1 aliphatic rings. The molecule has 1 aromatic rings. The van der Waals surface area contributed by atoms with E-state index in [2.05, 4.69) is 64.0 Å². The summed E-state index contributed by atoms with van der Waals surface area (Å²) >= 11 is 2.47. The predicted molar refractivity (Wildman–Crippen MR) is 81.3 cm³/mol. The van der Waals surface area contributed by atoms with Crippen LogP contribution in [0.4, 0.5) is 0 Å². The standard InChI is InChI=1S/C14H21IN2/c1-2-5-14(17-10-8-16-9-11-17)12-6-3-4-7-13(12)15/h3-4,6-7,14,16H,2,5,8-11H2,1H3/t14-/m0/s1. The molecule has 0 amide bonds. The summed E-state index contributed by atoms with van der Waals surface area (Å²) in [4.78, 5) is 2.64. The quantitative estimate of drug-likeness (QED) is 0.845. The first-order valence-corrected chi connectivity index (χ1v) is 7.60. The Morgan fingerprint density at radius 1 is 1.29 bits per heavy atom. The minimum atomic E-state index is 0.607. The monoisotopic (exact) mass is 344 g/mol. The zero-order valence-corrected chi connectivity index (χ0v) is 12.6. The number of nitrogens with one attached hydrogen (secondary N) is 1. The number of hydrogen-bond acceptors (Lipinski definition) is 2. The SMILES string of the molecule is CCC[C@@H](c1ccccc1I)N1CCNCC1. The molecule has 1 fully saturated rings. The summed E-state index contributed by atoms with van der Waals surface area (Å²) in [5.74, 6) is 0. The van der Waals surface area contributed by atoms with E-state index < -0.39 is 0 Å². The molecular formula is C14H21IN2. The minimum absolute atomic E-state index is 0.607. The smallest absolute Gasteiger partial charge is 0.0359 e. The summed E-state index contributed by atoms with van der Waals surface area (Å²) in [7, 11) is 0. The molecule has 1 N–H and O–H groups in total. The van der Waals surface area contributed by atoms with Crippen LogP contribution in [0.15, 0.2) is 24.3 Å². The van der Waals surface area contributed by atoms with E-state index in [-0.39, 0.29) is 0 Å². The molecule has 17 heavy (non-hydrogen) atoms. The Morgan fingerprint density at radius 3 is 2.65 bits per heavy atom. The number of hydrogen-bond donors (Lipinski definition) is 1. The highest BCUT2D eigenvalue weighted by Gasteiger charge is 2.22. The fraction of sp³-hybridized carbons (Fsp3) is 0.571. The van der Waals surface area contributed by atoms with Crippen LogP contribution in [0.25, 0.3) is 0 Å². The molecule has 2 nitrogen and oxygen atoms in total. The second-order valence-corrected chi connectivity index (χ2v) is 5.77. The molecule has 0 unspecified atom stereocenters. The fourth-order valence-electron chi connectivity index (χ4n) is 2.55. The molecule has 94 valence electrons. The highest BCUT2D eigenvalue weighted by Crippen LogP contribution is 2.29. The van der Waals surface area contributed by atoms with Gasteiger partial charge in [-0.2, -0.15) is 0 Å². The first-order chi connectivity index (χ1) is 8.33. The van der Waals surface area contributed by atoms with Gasteiger partial charge in [0.05, 0.1) is 0 Å². The molecule has 0 spiro atoms. The normalized spacial score (nSPS) is 19.2. The number of rotatable bonds is 4. The van der Waals surface area contributed by atoms with E-state index in [1.165, 1.54) is 35.1 Å². The van der Waals surface area contributed by atoms with Crippen LogP contribution in [-0.4, -0.2) is 31.1 Å². The first kappa shape index (κ1) is 13.3. The number of halogens is 1. The van der Waals surface area contributed by atoms with Crippen molar-refractivity contribution in [3.8, 4) is 0 Å². The maximum Gasteiger partial charge on any atom is 0.0359 e. The van der Waals surface area contributed by atoms with E-state index in [0.29, 0.717) is 6.04 Å². The topological polar surface area (TPSA) is 15.3 Å². The molecule has 3 heteroatoms. The molecule has 1 aromatic carbocycles. The maximum atomic E-state index is 3.43. The fourth-order valence-corrected chi connectivity index (χ4v) is 3.29. The zero-order valence-electron chi connectivity index (χ0n) is 10.5. The molecule has 1 atom stereocenters. The number of benzene rings is 1. The van der Waals surface area contributed by atoms with Crippen LogP contribution in [0.1, 0.15) is 31.4 Å². The van der Waals surface area contributed by atoms with Crippen LogP contribution in [0.3, 0.4) is 0 Å². The number of nitrogens with zero attached hydrogens (tertiary/aromatic N) is 1. The van der Waals surface area contributed by atoms with Crippen molar-refractivity contribution < 1.29 is 0 Å². The third kappa shape index (κ3) is 3.42. The van der Waals surface area contributed by atoms with Crippen LogP contribution in [-0.2, 0) is 0 Å². The lowest BCUT2D eigenvalue weighted by Gasteiger charge is -2.35. The third-order valence-electron chi connectivity index (χ3n) is 3.42. The second-order valence-electron chi connectivity index (χ2n) is 4.61. The van der Waals surface area contributed by atoms with Crippen molar-refractivity contribution in [2.75, 3.05) is 26.2 Å². The van der Waals surface area contributed by atoms with Crippen LogP contribution < -0.4 is 5.32 Å². The molecule has 0 aromatic heterocycles. The summed E-state index contributed by atoms with van der Waals surface area (Å²) in [6, 6.07) is 9.43. The first-order valence-electron chi connectivity index (χ1n) is 6.52. The highest BCUT2D eigenvalue weighted by atomic mass is 127. The maximum absolute atomic E-state index is 3.43. The second kappa shape index (κ2) is 6.71. The van der Waals surface area contributed by atoms with E-state index in [1.54, 1.807) is 0 Å². The Hall–Kier alpha value is -0.130. The largest absolute Gasteiger partial charge is 0.314 e. The lowest BCUT2D eigenvalue weighted by atomic mass is 10.00. The Bertz CT molecular complexity index is 348. The Balaban J connectivity index is 2.18. The van der Waals surface area contributed by atoms with Gasteiger partial charge in [0.15, 0.2) is 0 Å². The summed E-state index contributed by atoms with van der Waals surface area (Å²) in [6.45, 7) is 6.89. The van der Waals surface area contributed by atoms with Gasteiger partial charge in [-0.25, -0.2) is 0 Å². The van der Waals surface area contributed by atoms with E-state index in [0.717, 1.165) is 13.1 Å². The van der Waals surface area contributed by atoms with Gasteiger partial charge in [0, 0.05) is 35.8 Å². The molecular weight excluding hydrogens is 323 g/mol. The van der Waals surface area contributed by atoms with E-state index in [4.69, 9.17) is 0 Å². The minimum Gasteiger partial charge on any atom is -0.314 e. The van der Waals surface area contributed by atoms with Crippen molar-refractivity contribution in [2.24, 2.45) is 0 Å². The van der Waals surface area contributed by atoms with Crippen LogP contribution >= 0.6 is 22.6 Å². The van der Waals surface area contributed by atoms with Gasteiger partial charge in [-0.15, -0.1) is 0 Å². The van der Waals surface area contributed by atoms with Crippen molar-refractivity contribution in [3.63, 3.8) is 0 Å². The average Bonchev–Trinajstić information content (AvgIpc) is 2.38. The molecule has 1 heterocycles. The Morgan fingerprint density at radius 2 is 2.00 bits per heavy atom. The van der Waals surface area contributed by atoms with E-state index >= 15 is 0 Å². The van der Waals surface area contributed by atoms with Gasteiger partial charge in [-0.05, 0) is 40.6 Å². The Labute approximate surface area is 118 Å². The highest BCUT2D eigenvalue weighted by molar-refractivity contribution is 14.1. The summed E-state index contributed by atoms with van der Waals surface area (Å²) in [5, 5.41) is 3.43.